The molecule has 0 unspecified atom stereocenters. The summed E-state index contributed by atoms with van der Waals surface area (Å²) in [4.78, 5) is 0. The van der Waals surface area contributed by atoms with Crippen LogP contribution in [0.15, 0.2) is 36.4 Å². The van der Waals surface area contributed by atoms with E-state index in [2.05, 4.69) is 77.9 Å². The van der Waals surface area contributed by atoms with E-state index in [-0.39, 0.29) is 0 Å². The molecule has 0 aliphatic rings. The maximum atomic E-state index is 2.37. The van der Waals surface area contributed by atoms with E-state index < -0.39 is 0 Å². The summed E-state index contributed by atoms with van der Waals surface area (Å²) >= 11 is 0. The van der Waals surface area contributed by atoms with Gasteiger partial charge in [0, 0.05) is 0 Å². The predicted octanol–water partition coefficient (Wildman–Crippen LogP) is 7.59. The summed E-state index contributed by atoms with van der Waals surface area (Å²) in [6.07, 6.45) is 0. The molecule has 0 amide bonds. The molecule has 0 heteroatoms. The molecular formula is C26H24. The van der Waals surface area contributed by atoms with Gasteiger partial charge in [0.05, 0.1) is 0 Å². The number of benzene rings is 5. The molecule has 0 spiro atoms. The van der Waals surface area contributed by atoms with Crippen molar-refractivity contribution in [2.75, 3.05) is 0 Å². The number of hydrogen-bond acceptors (Lipinski definition) is 0. The van der Waals surface area contributed by atoms with Crippen LogP contribution in [0.3, 0.4) is 0 Å². The topological polar surface area (TPSA) is 0 Å². The lowest BCUT2D eigenvalue weighted by atomic mass is 9.82. The minimum absolute atomic E-state index is 1.37. The molecule has 5 aromatic carbocycles. The van der Waals surface area contributed by atoms with Gasteiger partial charge in [0.1, 0.15) is 0 Å². The van der Waals surface area contributed by atoms with Gasteiger partial charge in [-0.15, -0.1) is 0 Å². The zero-order chi connectivity index (χ0) is 18.3. The standard InChI is InChI=1S/C26H24/c1-13-7-9-19-24-18(6)12-16(4)22-14(2)8-10-20(26(22)24)23-17(5)11-15(3)21(13)25(19)23/h7-12H,1-6H3. The summed E-state index contributed by atoms with van der Waals surface area (Å²) in [5, 5.41) is 11.5. The van der Waals surface area contributed by atoms with E-state index in [4.69, 9.17) is 0 Å². The Bertz CT molecular complexity index is 1260. The van der Waals surface area contributed by atoms with Crippen LogP contribution in [0.5, 0.6) is 0 Å². The van der Waals surface area contributed by atoms with Gasteiger partial charge in [-0.2, -0.15) is 0 Å². The summed E-state index contributed by atoms with van der Waals surface area (Å²) < 4.78 is 0. The second kappa shape index (κ2) is 4.98. The Labute approximate surface area is 154 Å². The third-order valence-electron chi connectivity index (χ3n) is 6.31. The maximum Gasteiger partial charge on any atom is -0.00183 e. The second-order valence-electron chi connectivity index (χ2n) is 8.13. The highest BCUT2D eigenvalue weighted by Gasteiger charge is 2.19. The third-order valence-corrected chi connectivity index (χ3v) is 6.31. The molecule has 0 radical (unpaired) electrons. The Morgan fingerprint density at radius 1 is 0.346 bits per heavy atom. The van der Waals surface area contributed by atoms with Crippen molar-refractivity contribution >= 4 is 43.1 Å². The van der Waals surface area contributed by atoms with Crippen molar-refractivity contribution in [1.29, 1.82) is 0 Å². The summed E-state index contributed by atoms with van der Waals surface area (Å²) in [6, 6.07) is 14.0. The fourth-order valence-electron chi connectivity index (χ4n) is 5.39. The van der Waals surface area contributed by atoms with Crippen LogP contribution in [-0.2, 0) is 0 Å². The van der Waals surface area contributed by atoms with Crippen LogP contribution in [0.2, 0.25) is 0 Å². The van der Waals surface area contributed by atoms with Crippen LogP contribution in [0, 0.1) is 41.5 Å². The smallest absolute Gasteiger partial charge is 0.00183 e. The van der Waals surface area contributed by atoms with Gasteiger partial charge < -0.3 is 0 Å². The molecule has 26 heavy (non-hydrogen) atoms. The van der Waals surface area contributed by atoms with Gasteiger partial charge in [0.2, 0.25) is 0 Å². The van der Waals surface area contributed by atoms with Crippen LogP contribution in [-0.4, -0.2) is 0 Å². The van der Waals surface area contributed by atoms with Gasteiger partial charge in [0.25, 0.3) is 0 Å². The van der Waals surface area contributed by atoms with Gasteiger partial charge in [-0.05, 0) is 118 Å². The van der Waals surface area contributed by atoms with Crippen molar-refractivity contribution in [1.82, 2.24) is 0 Å². The minimum Gasteiger partial charge on any atom is -0.0581 e. The molecule has 5 rings (SSSR count). The van der Waals surface area contributed by atoms with E-state index in [0.29, 0.717) is 0 Å². The van der Waals surface area contributed by atoms with Crippen LogP contribution in [0.4, 0.5) is 0 Å². The molecule has 0 heterocycles. The van der Waals surface area contributed by atoms with Crippen LogP contribution >= 0.6 is 0 Å². The zero-order valence-corrected chi connectivity index (χ0v) is 16.5. The van der Waals surface area contributed by atoms with E-state index in [9.17, 15) is 0 Å². The van der Waals surface area contributed by atoms with Gasteiger partial charge in [-0.25, -0.2) is 0 Å². The summed E-state index contributed by atoms with van der Waals surface area (Å²) in [5.41, 5.74) is 8.29. The molecule has 0 fully saturated rings. The van der Waals surface area contributed by atoms with Gasteiger partial charge in [0.15, 0.2) is 0 Å². The summed E-state index contributed by atoms with van der Waals surface area (Å²) in [7, 11) is 0. The Balaban J connectivity index is 2.32. The highest BCUT2D eigenvalue weighted by atomic mass is 14.2. The van der Waals surface area contributed by atoms with Crippen LogP contribution in [0.25, 0.3) is 43.1 Å². The Kier molecular flexibility index (Phi) is 2.99. The molecule has 0 nitrogen and oxygen atoms in total. The number of fused-ring (bicyclic) bond motifs is 2. The first-order valence-corrected chi connectivity index (χ1v) is 9.48. The van der Waals surface area contributed by atoms with Crippen molar-refractivity contribution in [2.45, 2.75) is 41.5 Å². The molecule has 0 saturated heterocycles. The average Bonchev–Trinajstić information content (AvgIpc) is 2.57. The first-order valence-electron chi connectivity index (χ1n) is 9.48. The molecule has 0 aromatic heterocycles. The monoisotopic (exact) mass is 336 g/mol. The Morgan fingerprint density at radius 2 is 0.692 bits per heavy atom. The van der Waals surface area contributed by atoms with Crippen molar-refractivity contribution in [3.05, 3.63) is 69.8 Å². The molecule has 0 aliphatic heterocycles. The van der Waals surface area contributed by atoms with E-state index in [1.54, 1.807) is 0 Å². The molecular weight excluding hydrogens is 312 g/mol. The maximum absolute atomic E-state index is 2.37. The molecule has 0 atom stereocenters. The van der Waals surface area contributed by atoms with E-state index in [0.717, 1.165) is 0 Å². The van der Waals surface area contributed by atoms with Crippen molar-refractivity contribution in [2.24, 2.45) is 0 Å². The highest BCUT2D eigenvalue weighted by molar-refractivity contribution is 6.35. The third kappa shape index (κ3) is 1.75. The van der Waals surface area contributed by atoms with Crippen molar-refractivity contribution in [3.8, 4) is 0 Å². The Hall–Kier alpha value is -2.60. The molecule has 5 aromatic rings. The van der Waals surface area contributed by atoms with Crippen LogP contribution < -0.4 is 0 Å². The van der Waals surface area contributed by atoms with Gasteiger partial charge in [-0.3, -0.25) is 0 Å². The summed E-state index contributed by atoms with van der Waals surface area (Å²) in [5.74, 6) is 0. The molecule has 0 aliphatic carbocycles. The second-order valence-corrected chi connectivity index (χ2v) is 8.13. The lowest BCUT2D eigenvalue weighted by Gasteiger charge is -2.21. The fraction of sp³-hybridized carbons (Fsp3) is 0.231. The molecule has 0 N–H and O–H groups in total. The summed E-state index contributed by atoms with van der Waals surface area (Å²) in [6.45, 7) is 13.5. The van der Waals surface area contributed by atoms with Gasteiger partial charge in [-0.1, -0.05) is 36.4 Å². The Morgan fingerprint density at radius 3 is 1.08 bits per heavy atom. The van der Waals surface area contributed by atoms with Crippen molar-refractivity contribution in [3.63, 3.8) is 0 Å². The van der Waals surface area contributed by atoms with Crippen molar-refractivity contribution < 1.29 is 0 Å². The number of aryl methyl sites for hydroxylation is 6. The number of hydrogen-bond donors (Lipinski definition) is 0. The quantitative estimate of drug-likeness (QED) is 0.202. The van der Waals surface area contributed by atoms with E-state index in [1.165, 1.54) is 76.5 Å². The number of rotatable bonds is 0. The largest absolute Gasteiger partial charge is 0.0581 e. The lowest BCUT2D eigenvalue weighted by Crippen LogP contribution is -1.96. The van der Waals surface area contributed by atoms with Crippen LogP contribution in [0.1, 0.15) is 33.4 Å². The molecule has 0 saturated carbocycles. The zero-order valence-electron chi connectivity index (χ0n) is 16.5. The van der Waals surface area contributed by atoms with E-state index in [1.807, 2.05) is 0 Å². The van der Waals surface area contributed by atoms with Gasteiger partial charge >= 0.3 is 0 Å². The predicted molar refractivity (Wildman–Crippen MR) is 116 cm³/mol. The average molecular weight is 336 g/mol. The lowest BCUT2D eigenvalue weighted by molar-refractivity contribution is 1.42. The minimum atomic E-state index is 1.37. The van der Waals surface area contributed by atoms with E-state index >= 15 is 0 Å². The first-order chi connectivity index (χ1) is 12.4. The molecule has 128 valence electrons. The highest BCUT2D eigenvalue weighted by Crippen LogP contribution is 2.45. The first kappa shape index (κ1) is 15.6. The fourth-order valence-corrected chi connectivity index (χ4v) is 5.39. The SMILES string of the molecule is Cc1ccc2c3c(C)cc(C)c4c(C)ccc(c5c(C)cc(C)c1c25)c43. The normalized spacial score (nSPS) is 12.2. The molecule has 0 bridgehead atoms.